The number of hydrogen-bond acceptors (Lipinski definition) is 1. The molecule has 0 atom stereocenters. The molecule has 0 spiro atoms. The first kappa shape index (κ1) is 6.32. The van der Waals surface area contributed by atoms with Crippen molar-refractivity contribution in [3.63, 3.8) is 0 Å². The first-order valence-corrected chi connectivity index (χ1v) is 2.93. The van der Waals surface area contributed by atoms with Crippen molar-refractivity contribution in [3.05, 3.63) is 0 Å². The Bertz CT molecular complexity index is 114. The van der Waals surface area contributed by atoms with E-state index in [1.165, 1.54) is 0 Å². The second kappa shape index (κ2) is 2.66. The Morgan fingerprint density at radius 3 is 2.78 bits per heavy atom. The summed E-state index contributed by atoms with van der Waals surface area (Å²) in [5, 5.41) is 2.41. The molecular formula is C5H9FN2O. The summed E-state index contributed by atoms with van der Waals surface area (Å²) in [4.78, 5) is 12.2. The largest absolute Gasteiger partial charge is 0.335 e. The van der Waals surface area contributed by atoms with E-state index in [0.29, 0.717) is 0 Å². The Balaban J connectivity index is 2.03. The maximum Gasteiger partial charge on any atom is 0.317 e. The maximum absolute atomic E-state index is 11.4. The zero-order valence-electron chi connectivity index (χ0n) is 5.06. The van der Waals surface area contributed by atoms with Crippen molar-refractivity contribution in [2.75, 3.05) is 26.3 Å². The Morgan fingerprint density at radius 2 is 2.33 bits per heavy atom. The van der Waals surface area contributed by atoms with Gasteiger partial charge in [0.2, 0.25) is 0 Å². The van der Waals surface area contributed by atoms with Gasteiger partial charge in [-0.1, -0.05) is 0 Å². The van der Waals surface area contributed by atoms with Gasteiger partial charge in [-0.25, -0.2) is 9.18 Å². The van der Waals surface area contributed by atoms with Crippen molar-refractivity contribution in [1.82, 2.24) is 10.2 Å². The summed E-state index contributed by atoms with van der Waals surface area (Å²) >= 11 is 0. The van der Waals surface area contributed by atoms with Crippen LogP contribution in [-0.2, 0) is 0 Å². The Kier molecular flexibility index (Phi) is 1.87. The third-order valence-corrected chi connectivity index (χ3v) is 1.11. The van der Waals surface area contributed by atoms with E-state index in [2.05, 4.69) is 5.32 Å². The van der Waals surface area contributed by atoms with E-state index in [-0.39, 0.29) is 12.6 Å². The highest BCUT2D eigenvalue weighted by molar-refractivity contribution is 5.76. The lowest BCUT2D eigenvalue weighted by atomic mass is 10.7. The molecule has 9 heavy (non-hydrogen) atoms. The molecular weight excluding hydrogens is 123 g/mol. The monoisotopic (exact) mass is 132 g/mol. The van der Waals surface area contributed by atoms with E-state index in [1.54, 1.807) is 4.90 Å². The molecule has 1 fully saturated rings. The van der Waals surface area contributed by atoms with E-state index in [4.69, 9.17) is 0 Å². The van der Waals surface area contributed by atoms with E-state index in [1.807, 2.05) is 0 Å². The third kappa shape index (κ3) is 1.87. The first-order chi connectivity index (χ1) is 4.34. The van der Waals surface area contributed by atoms with Gasteiger partial charge in [0.25, 0.3) is 0 Å². The van der Waals surface area contributed by atoms with Crippen LogP contribution in [0.15, 0.2) is 0 Å². The van der Waals surface area contributed by atoms with Crippen LogP contribution >= 0.6 is 0 Å². The lowest BCUT2D eigenvalue weighted by Gasteiger charge is -2.00. The highest BCUT2D eigenvalue weighted by Gasteiger charge is 2.22. The van der Waals surface area contributed by atoms with E-state index in [9.17, 15) is 9.18 Å². The molecule has 1 saturated heterocycles. The van der Waals surface area contributed by atoms with Crippen molar-refractivity contribution in [1.29, 1.82) is 0 Å². The lowest BCUT2D eigenvalue weighted by molar-refractivity contribution is 0.228. The number of nitrogens with one attached hydrogen (secondary N) is 1. The Labute approximate surface area is 52.8 Å². The molecule has 0 aromatic heterocycles. The molecule has 52 valence electrons. The summed E-state index contributed by atoms with van der Waals surface area (Å²) in [6, 6.07) is -0.146. The van der Waals surface area contributed by atoms with Gasteiger partial charge in [0, 0.05) is 19.6 Å². The number of amides is 2. The highest BCUT2D eigenvalue weighted by atomic mass is 19.1. The predicted octanol–water partition coefficient (Wildman–Crippen LogP) is -0.0189. The number of hydrogen-bond donors (Lipinski definition) is 1. The zero-order valence-corrected chi connectivity index (χ0v) is 5.06. The van der Waals surface area contributed by atoms with Gasteiger partial charge in [-0.2, -0.15) is 0 Å². The normalized spacial score (nSPS) is 15.4. The molecule has 3 nitrogen and oxygen atoms in total. The summed E-state index contributed by atoms with van der Waals surface area (Å²) in [7, 11) is 0. The van der Waals surface area contributed by atoms with Crippen LogP contribution in [0.3, 0.4) is 0 Å². The SMILES string of the molecule is O=C(NCCF)N1CC1. The molecule has 1 aliphatic rings. The molecule has 0 bridgehead atoms. The molecule has 0 unspecified atom stereocenters. The molecule has 0 aliphatic carbocycles. The van der Waals surface area contributed by atoms with E-state index in [0.717, 1.165) is 13.1 Å². The highest BCUT2D eigenvalue weighted by Crippen LogP contribution is 2.01. The van der Waals surface area contributed by atoms with E-state index >= 15 is 0 Å². The van der Waals surface area contributed by atoms with Gasteiger partial charge < -0.3 is 10.2 Å². The standard InChI is InChI=1S/C5H9FN2O/c6-1-2-7-5(9)8-3-4-8/h1-4H2,(H,7,9). The van der Waals surface area contributed by atoms with Crippen LogP contribution in [0, 0.1) is 0 Å². The molecule has 1 aliphatic heterocycles. The minimum Gasteiger partial charge on any atom is -0.335 e. The fraction of sp³-hybridized carbons (Fsp3) is 0.800. The molecule has 1 N–H and O–H groups in total. The molecule has 1 heterocycles. The molecule has 0 saturated carbocycles. The molecule has 2 amide bonds. The smallest absolute Gasteiger partial charge is 0.317 e. The number of nitrogens with zero attached hydrogens (tertiary/aromatic N) is 1. The zero-order chi connectivity index (χ0) is 6.69. The van der Waals surface area contributed by atoms with Crippen LogP contribution in [0.1, 0.15) is 0 Å². The quantitative estimate of drug-likeness (QED) is 0.526. The second-order valence-corrected chi connectivity index (χ2v) is 1.91. The lowest BCUT2D eigenvalue weighted by Crippen LogP contribution is -2.29. The number of halogens is 1. The van der Waals surface area contributed by atoms with Crippen LogP contribution in [0.2, 0.25) is 0 Å². The van der Waals surface area contributed by atoms with Gasteiger partial charge in [-0.05, 0) is 0 Å². The Hall–Kier alpha value is -0.800. The third-order valence-electron chi connectivity index (χ3n) is 1.11. The minimum atomic E-state index is -0.487. The number of carbonyl (C=O) groups is 1. The van der Waals surface area contributed by atoms with Gasteiger partial charge in [0.05, 0.1) is 0 Å². The molecule has 0 radical (unpaired) electrons. The number of rotatable bonds is 2. The van der Waals surface area contributed by atoms with E-state index < -0.39 is 6.67 Å². The fourth-order valence-corrected chi connectivity index (χ4v) is 0.519. The van der Waals surface area contributed by atoms with Gasteiger partial charge in [-0.15, -0.1) is 0 Å². The van der Waals surface area contributed by atoms with Crippen molar-refractivity contribution >= 4 is 6.03 Å². The first-order valence-electron chi connectivity index (χ1n) is 2.93. The average molecular weight is 132 g/mol. The van der Waals surface area contributed by atoms with Crippen molar-refractivity contribution in [2.24, 2.45) is 0 Å². The van der Waals surface area contributed by atoms with Crippen molar-refractivity contribution < 1.29 is 9.18 Å². The summed E-state index contributed by atoms with van der Waals surface area (Å²) in [6.45, 7) is 1.28. The summed E-state index contributed by atoms with van der Waals surface area (Å²) < 4.78 is 11.4. The summed E-state index contributed by atoms with van der Waals surface area (Å²) in [5.41, 5.74) is 0. The van der Waals surface area contributed by atoms with Gasteiger partial charge >= 0.3 is 6.03 Å². The number of alkyl halides is 1. The van der Waals surface area contributed by atoms with Crippen molar-refractivity contribution in [2.45, 2.75) is 0 Å². The molecule has 1 rings (SSSR count). The second-order valence-electron chi connectivity index (χ2n) is 1.91. The van der Waals surface area contributed by atoms with Crippen molar-refractivity contribution in [3.8, 4) is 0 Å². The predicted molar refractivity (Wildman–Crippen MR) is 30.9 cm³/mol. The summed E-state index contributed by atoms with van der Waals surface area (Å²) in [6.07, 6.45) is 0. The van der Waals surface area contributed by atoms with Crippen LogP contribution in [-0.4, -0.2) is 37.2 Å². The molecule has 0 aromatic carbocycles. The molecule has 0 aromatic rings. The molecule has 4 heteroatoms. The van der Waals surface area contributed by atoms with Crippen LogP contribution in [0.5, 0.6) is 0 Å². The maximum atomic E-state index is 11.4. The van der Waals surface area contributed by atoms with Crippen LogP contribution < -0.4 is 5.32 Å². The Morgan fingerprint density at radius 1 is 1.67 bits per heavy atom. The van der Waals surface area contributed by atoms with Gasteiger partial charge in [0.1, 0.15) is 6.67 Å². The van der Waals surface area contributed by atoms with Crippen LogP contribution in [0.4, 0.5) is 9.18 Å². The number of urea groups is 1. The number of carbonyl (C=O) groups excluding carboxylic acids is 1. The van der Waals surface area contributed by atoms with Crippen LogP contribution in [0.25, 0.3) is 0 Å². The summed E-state index contributed by atoms with van der Waals surface area (Å²) in [5.74, 6) is 0. The van der Waals surface area contributed by atoms with Gasteiger partial charge in [0.15, 0.2) is 0 Å². The topological polar surface area (TPSA) is 32.1 Å². The fourth-order valence-electron chi connectivity index (χ4n) is 0.519. The average Bonchev–Trinajstić information content (AvgIpc) is 2.63. The van der Waals surface area contributed by atoms with Gasteiger partial charge in [-0.3, -0.25) is 0 Å². The minimum absolute atomic E-state index is 0.134.